The largest absolute Gasteiger partial charge is 0.507 e. The summed E-state index contributed by atoms with van der Waals surface area (Å²) in [5.41, 5.74) is 2.90. The highest BCUT2D eigenvalue weighted by Gasteiger charge is 2.30. The maximum Gasteiger partial charge on any atom is 0.328 e. The number of esters is 1. The SMILES string of the molecule is CCCCCc1cc(O)c(C2C=C(C)CCC2)c(O)c1C(=O)N[C@@H](Cc1cnc[nH]1)C(=O)OC. The molecule has 0 saturated carbocycles. The van der Waals surface area contributed by atoms with Crippen molar-refractivity contribution in [2.24, 2.45) is 0 Å². The Labute approximate surface area is 200 Å². The Morgan fingerprint density at radius 1 is 1.32 bits per heavy atom. The molecular formula is C26H35N3O5. The molecule has 4 N–H and O–H groups in total. The second-order valence-electron chi connectivity index (χ2n) is 8.99. The van der Waals surface area contributed by atoms with Gasteiger partial charge in [0, 0.05) is 29.8 Å². The molecule has 0 fully saturated rings. The first-order valence-corrected chi connectivity index (χ1v) is 12.0. The predicted molar refractivity (Wildman–Crippen MR) is 129 cm³/mol. The lowest BCUT2D eigenvalue weighted by Gasteiger charge is -2.24. The highest BCUT2D eigenvalue weighted by molar-refractivity contribution is 6.01. The first-order chi connectivity index (χ1) is 16.3. The molecule has 3 rings (SSSR count). The van der Waals surface area contributed by atoms with Gasteiger partial charge in [-0.05, 0) is 50.7 Å². The van der Waals surface area contributed by atoms with Gasteiger partial charge in [0.25, 0.3) is 5.91 Å². The topological polar surface area (TPSA) is 125 Å². The van der Waals surface area contributed by atoms with Gasteiger partial charge < -0.3 is 25.3 Å². The van der Waals surface area contributed by atoms with Crippen molar-refractivity contribution < 1.29 is 24.5 Å². The molecule has 2 aromatic rings. The number of phenolic OH excluding ortho intramolecular Hbond substituents is 2. The Bertz CT molecular complexity index is 1030. The number of aromatic nitrogens is 2. The molecule has 1 aromatic heterocycles. The molecule has 184 valence electrons. The number of amides is 1. The van der Waals surface area contributed by atoms with Crippen LogP contribution in [0.3, 0.4) is 0 Å². The van der Waals surface area contributed by atoms with Crippen LogP contribution in [-0.2, 0) is 22.4 Å². The number of unbranched alkanes of at least 4 members (excludes halogenated alkanes) is 2. The number of carbonyl (C=O) groups is 2. The summed E-state index contributed by atoms with van der Waals surface area (Å²) in [5, 5.41) is 24.9. The van der Waals surface area contributed by atoms with Crippen LogP contribution in [-0.4, -0.2) is 45.2 Å². The monoisotopic (exact) mass is 469 g/mol. The predicted octanol–water partition coefficient (Wildman–Crippen LogP) is 4.28. The number of imidazole rings is 1. The van der Waals surface area contributed by atoms with E-state index in [0.29, 0.717) is 23.2 Å². The number of allylic oxidation sites excluding steroid dienone is 2. The van der Waals surface area contributed by atoms with Gasteiger partial charge in [-0.3, -0.25) is 4.79 Å². The van der Waals surface area contributed by atoms with Gasteiger partial charge >= 0.3 is 5.97 Å². The minimum atomic E-state index is -0.963. The lowest BCUT2D eigenvalue weighted by Crippen LogP contribution is -2.43. The highest BCUT2D eigenvalue weighted by Crippen LogP contribution is 2.44. The minimum absolute atomic E-state index is 0.00141. The van der Waals surface area contributed by atoms with Crippen molar-refractivity contribution in [3.63, 3.8) is 0 Å². The van der Waals surface area contributed by atoms with Gasteiger partial charge in [-0.1, -0.05) is 31.4 Å². The van der Waals surface area contributed by atoms with Gasteiger partial charge in [0.05, 0.1) is 19.0 Å². The van der Waals surface area contributed by atoms with Gasteiger partial charge in [0.15, 0.2) is 0 Å². The summed E-state index contributed by atoms with van der Waals surface area (Å²) in [7, 11) is 1.26. The smallest absolute Gasteiger partial charge is 0.328 e. The summed E-state index contributed by atoms with van der Waals surface area (Å²) < 4.78 is 4.89. The Kier molecular flexibility index (Phi) is 8.73. The zero-order valence-corrected chi connectivity index (χ0v) is 20.2. The average Bonchev–Trinajstić information content (AvgIpc) is 3.31. The number of phenols is 2. The van der Waals surface area contributed by atoms with Crippen LogP contribution in [0.5, 0.6) is 11.5 Å². The number of aromatic amines is 1. The lowest BCUT2D eigenvalue weighted by molar-refractivity contribution is -0.142. The lowest BCUT2D eigenvalue weighted by atomic mass is 9.83. The number of rotatable bonds is 10. The third-order valence-electron chi connectivity index (χ3n) is 6.39. The Morgan fingerprint density at radius 3 is 2.76 bits per heavy atom. The molecule has 1 heterocycles. The van der Waals surface area contributed by atoms with Crippen LogP contribution in [0.2, 0.25) is 0 Å². The van der Waals surface area contributed by atoms with Crippen LogP contribution in [0.15, 0.2) is 30.2 Å². The summed E-state index contributed by atoms with van der Waals surface area (Å²) >= 11 is 0. The average molecular weight is 470 g/mol. The second kappa shape index (κ2) is 11.7. The van der Waals surface area contributed by atoms with Crippen molar-refractivity contribution in [3.8, 4) is 11.5 Å². The van der Waals surface area contributed by atoms with Crippen LogP contribution >= 0.6 is 0 Å². The van der Waals surface area contributed by atoms with Crippen molar-refractivity contribution in [2.45, 2.75) is 77.2 Å². The van der Waals surface area contributed by atoms with E-state index < -0.39 is 17.9 Å². The summed E-state index contributed by atoms with van der Waals surface area (Å²) in [6.07, 6.45) is 11.3. The molecule has 1 aromatic carbocycles. The Morgan fingerprint density at radius 2 is 2.12 bits per heavy atom. The molecule has 1 amide bonds. The molecule has 1 aliphatic rings. The molecule has 1 aliphatic carbocycles. The fourth-order valence-electron chi connectivity index (χ4n) is 4.63. The number of benzene rings is 1. The molecule has 34 heavy (non-hydrogen) atoms. The standard InChI is InChI=1S/C26H35N3O5/c1-4-5-6-9-18-12-21(30)22(17-10-7-8-16(2)11-17)24(31)23(18)25(32)29-20(26(33)34-3)13-19-14-27-15-28-19/h11-12,14-15,17,20,30-31H,4-10,13H2,1-3H3,(H,27,28)(H,29,32)/t17?,20-/m0/s1. The molecular weight excluding hydrogens is 434 g/mol. The maximum absolute atomic E-state index is 13.5. The number of aryl methyl sites for hydroxylation is 1. The van der Waals surface area contributed by atoms with Crippen LogP contribution in [0, 0.1) is 0 Å². The van der Waals surface area contributed by atoms with Crippen LogP contribution in [0.4, 0.5) is 0 Å². The van der Waals surface area contributed by atoms with Gasteiger partial charge in [0.2, 0.25) is 0 Å². The number of nitrogens with one attached hydrogen (secondary N) is 2. The molecule has 1 unspecified atom stereocenters. The van der Waals surface area contributed by atoms with Crippen molar-refractivity contribution in [2.75, 3.05) is 7.11 Å². The number of hydrogen-bond acceptors (Lipinski definition) is 6. The first-order valence-electron chi connectivity index (χ1n) is 12.0. The summed E-state index contributed by atoms with van der Waals surface area (Å²) in [6, 6.07) is 0.634. The van der Waals surface area contributed by atoms with Gasteiger partial charge in [-0.25, -0.2) is 9.78 Å². The second-order valence-corrected chi connectivity index (χ2v) is 8.99. The van der Waals surface area contributed by atoms with E-state index in [9.17, 15) is 19.8 Å². The van der Waals surface area contributed by atoms with Crippen LogP contribution in [0.1, 0.15) is 85.5 Å². The highest BCUT2D eigenvalue weighted by atomic mass is 16.5. The third-order valence-corrected chi connectivity index (χ3v) is 6.39. The van der Waals surface area contributed by atoms with Crippen LogP contribution in [0.25, 0.3) is 0 Å². The van der Waals surface area contributed by atoms with E-state index in [1.807, 2.05) is 13.0 Å². The summed E-state index contributed by atoms with van der Waals surface area (Å²) in [4.78, 5) is 32.8. The van der Waals surface area contributed by atoms with E-state index in [2.05, 4.69) is 22.2 Å². The number of carbonyl (C=O) groups excluding carboxylic acids is 2. The number of hydrogen-bond donors (Lipinski definition) is 4. The number of aromatic hydroxyl groups is 2. The van der Waals surface area contributed by atoms with E-state index in [1.165, 1.54) is 19.0 Å². The molecule has 0 bridgehead atoms. The van der Waals surface area contributed by atoms with E-state index >= 15 is 0 Å². The zero-order valence-electron chi connectivity index (χ0n) is 20.2. The Hall–Kier alpha value is -3.29. The molecule has 0 saturated heterocycles. The van der Waals surface area contributed by atoms with Crippen molar-refractivity contribution in [1.29, 1.82) is 0 Å². The number of H-pyrrole nitrogens is 1. The van der Waals surface area contributed by atoms with Crippen LogP contribution < -0.4 is 5.32 Å². The van der Waals surface area contributed by atoms with Crippen molar-refractivity contribution in [1.82, 2.24) is 15.3 Å². The molecule has 2 atom stereocenters. The van der Waals surface area contributed by atoms with Gasteiger partial charge in [0.1, 0.15) is 17.5 Å². The van der Waals surface area contributed by atoms with E-state index in [4.69, 9.17) is 4.74 Å². The van der Waals surface area contributed by atoms with Crippen molar-refractivity contribution in [3.05, 3.63) is 52.6 Å². The molecule has 8 heteroatoms. The number of nitrogens with zero attached hydrogens (tertiary/aromatic N) is 1. The van der Waals surface area contributed by atoms with E-state index in [0.717, 1.165) is 38.5 Å². The molecule has 0 spiro atoms. The first kappa shape index (κ1) is 25.3. The van der Waals surface area contributed by atoms with E-state index in [1.54, 1.807) is 12.3 Å². The Balaban J connectivity index is 1.99. The van der Waals surface area contributed by atoms with Gasteiger partial charge in [-0.15, -0.1) is 0 Å². The summed E-state index contributed by atoms with van der Waals surface area (Å²) in [5.74, 6) is -1.56. The maximum atomic E-state index is 13.5. The normalized spacial score (nSPS) is 16.6. The fourth-order valence-corrected chi connectivity index (χ4v) is 4.63. The van der Waals surface area contributed by atoms with E-state index in [-0.39, 0.29) is 29.4 Å². The third kappa shape index (κ3) is 5.98. The van der Waals surface area contributed by atoms with Gasteiger partial charge in [-0.2, -0.15) is 0 Å². The fraction of sp³-hybridized carbons (Fsp3) is 0.500. The quantitative estimate of drug-likeness (QED) is 0.234. The molecule has 0 aliphatic heterocycles. The molecule has 8 nitrogen and oxygen atoms in total. The minimum Gasteiger partial charge on any atom is -0.507 e. The zero-order chi connectivity index (χ0) is 24.7. The summed E-state index contributed by atoms with van der Waals surface area (Å²) in [6.45, 7) is 4.11. The molecule has 0 radical (unpaired) electrons. The number of ether oxygens (including phenoxy) is 1. The number of methoxy groups -OCH3 is 1. The van der Waals surface area contributed by atoms with Crippen molar-refractivity contribution >= 4 is 11.9 Å².